The predicted molar refractivity (Wildman–Crippen MR) is 50.1 cm³/mol. The molecule has 2 N–H and O–H groups in total. The zero-order valence-electron chi connectivity index (χ0n) is 8.59. The highest BCUT2D eigenvalue weighted by Crippen LogP contribution is 2.20. The summed E-state index contributed by atoms with van der Waals surface area (Å²) >= 11 is 0. The fourth-order valence-electron chi connectivity index (χ4n) is 1.26. The number of rotatable bonds is 6. The highest BCUT2D eigenvalue weighted by atomic mass is 16.5. The van der Waals surface area contributed by atoms with Crippen LogP contribution in [0.4, 0.5) is 0 Å². The molecule has 0 spiro atoms. The van der Waals surface area contributed by atoms with Crippen molar-refractivity contribution in [3.05, 3.63) is 0 Å². The van der Waals surface area contributed by atoms with Gasteiger partial charge in [-0.25, -0.2) is 0 Å². The van der Waals surface area contributed by atoms with Crippen LogP contribution in [0.1, 0.15) is 20.8 Å². The minimum atomic E-state index is -0.302. The highest BCUT2D eigenvalue weighted by Gasteiger charge is 2.32. The normalized spacial score (nSPS) is 16.5. The fraction of sp³-hybridized carbons (Fsp3) is 1.00. The first-order valence-corrected chi connectivity index (χ1v) is 4.46. The number of hydrogen-bond donors (Lipinski definition) is 1. The van der Waals surface area contributed by atoms with Gasteiger partial charge in [0, 0.05) is 20.3 Å². The van der Waals surface area contributed by atoms with Crippen molar-refractivity contribution in [2.24, 2.45) is 11.7 Å². The molecule has 0 heterocycles. The van der Waals surface area contributed by atoms with E-state index in [1.165, 1.54) is 0 Å². The van der Waals surface area contributed by atoms with E-state index >= 15 is 0 Å². The monoisotopic (exact) mass is 175 g/mol. The van der Waals surface area contributed by atoms with Gasteiger partial charge >= 0.3 is 0 Å². The largest absolute Gasteiger partial charge is 0.382 e. The van der Waals surface area contributed by atoms with Crippen LogP contribution in [-0.2, 0) is 9.47 Å². The van der Waals surface area contributed by atoms with Crippen molar-refractivity contribution in [3.63, 3.8) is 0 Å². The third kappa shape index (κ3) is 2.73. The first-order valence-electron chi connectivity index (χ1n) is 4.46. The summed E-state index contributed by atoms with van der Waals surface area (Å²) in [5, 5.41) is 0. The Bertz CT molecular complexity index is 109. The van der Waals surface area contributed by atoms with Crippen LogP contribution in [0.15, 0.2) is 0 Å². The van der Waals surface area contributed by atoms with Crippen molar-refractivity contribution in [2.45, 2.75) is 26.4 Å². The second-order valence-corrected chi connectivity index (χ2v) is 3.29. The molecule has 0 aliphatic rings. The average Bonchev–Trinajstić information content (AvgIpc) is 2.03. The Kier molecular flexibility index (Phi) is 5.46. The lowest BCUT2D eigenvalue weighted by Crippen LogP contribution is -2.49. The molecule has 74 valence electrons. The molecule has 0 saturated carbocycles. The van der Waals surface area contributed by atoms with Gasteiger partial charge in [0.2, 0.25) is 0 Å². The number of nitrogens with two attached hydrogens (primary N) is 1. The third-order valence-electron chi connectivity index (χ3n) is 2.22. The van der Waals surface area contributed by atoms with Crippen LogP contribution in [0.2, 0.25) is 0 Å². The van der Waals surface area contributed by atoms with Gasteiger partial charge in [0.1, 0.15) is 5.60 Å². The van der Waals surface area contributed by atoms with Crippen LogP contribution in [0.3, 0.4) is 0 Å². The van der Waals surface area contributed by atoms with Crippen molar-refractivity contribution in [3.8, 4) is 0 Å². The molecule has 12 heavy (non-hydrogen) atoms. The Morgan fingerprint density at radius 1 is 1.42 bits per heavy atom. The van der Waals surface area contributed by atoms with Crippen molar-refractivity contribution in [2.75, 3.05) is 26.9 Å². The van der Waals surface area contributed by atoms with E-state index in [2.05, 4.69) is 13.8 Å². The van der Waals surface area contributed by atoms with Gasteiger partial charge in [-0.1, -0.05) is 13.8 Å². The van der Waals surface area contributed by atoms with Crippen LogP contribution >= 0.6 is 0 Å². The van der Waals surface area contributed by atoms with Crippen LogP contribution in [0.5, 0.6) is 0 Å². The lowest BCUT2D eigenvalue weighted by atomic mass is 9.91. The molecule has 0 saturated heterocycles. The summed E-state index contributed by atoms with van der Waals surface area (Å²) < 4.78 is 10.7. The van der Waals surface area contributed by atoms with Gasteiger partial charge in [-0.3, -0.25) is 0 Å². The molecule has 3 nitrogen and oxygen atoms in total. The second kappa shape index (κ2) is 5.51. The predicted octanol–water partition coefficient (Wildman–Crippen LogP) is 1.02. The fourth-order valence-corrected chi connectivity index (χ4v) is 1.26. The standard InChI is InChI=1S/C9H21NO2/c1-5-12-9(6-10,7-11-4)8(2)3/h8H,5-7,10H2,1-4H3. The molecule has 1 atom stereocenters. The minimum Gasteiger partial charge on any atom is -0.382 e. The van der Waals surface area contributed by atoms with E-state index in [9.17, 15) is 0 Å². The smallest absolute Gasteiger partial charge is 0.106 e. The van der Waals surface area contributed by atoms with Crippen molar-refractivity contribution >= 4 is 0 Å². The van der Waals surface area contributed by atoms with E-state index in [-0.39, 0.29) is 5.60 Å². The SMILES string of the molecule is CCOC(CN)(COC)C(C)C. The molecular formula is C9H21NO2. The maximum absolute atomic E-state index is 5.68. The van der Waals surface area contributed by atoms with Gasteiger partial charge in [-0.15, -0.1) is 0 Å². The van der Waals surface area contributed by atoms with E-state index in [1.54, 1.807) is 7.11 Å². The maximum Gasteiger partial charge on any atom is 0.106 e. The average molecular weight is 175 g/mol. The van der Waals surface area contributed by atoms with Crippen molar-refractivity contribution < 1.29 is 9.47 Å². The van der Waals surface area contributed by atoms with Crippen LogP contribution in [-0.4, -0.2) is 32.5 Å². The molecule has 3 heteroatoms. The molecule has 0 aromatic heterocycles. The minimum absolute atomic E-state index is 0.302. The van der Waals surface area contributed by atoms with Gasteiger partial charge < -0.3 is 15.2 Å². The van der Waals surface area contributed by atoms with Crippen LogP contribution in [0, 0.1) is 5.92 Å². The third-order valence-corrected chi connectivity index (χ3v) is 2.22. The van der Waals surface area contributed by atoms with E-state index in [1.807, 2.05) is 6.92 Å². The zero-order valence-corrected chi connectivity index (χ0v) is 8.59. The van der Waals surface area contributed by atoms with Gasteiger partial charge in [-0.05, 0) is 12.8 Å². The molecule has 0 fully saturated rings. The Morgan fingerprint density at radius 2 is 2.00 bits per heavy atom. The quantitative estimate of drug-likeness (QED) is 0.655. The molecule has 0 aliphatic carbocycles. The second-order valence-electron chi connectivity index (χ2n) is 3.29. The number of hydrogen-bond acceptors (Lipinski definition) is 3. The molecule has 0 rings (SSSR count). The molecule has 0 amide bonds. The Labute approximate surface area is 75.2 Å². The first kappa shape index (κ1) is 11.9. The summed E-state index contributed by atoms with van der Waals surface area (Å²) in [4.78, 5) is 0. The maximum atomic E-state index is 5.68. The summed E-state index contributed by atoms with van der Waals surface area (Å²) in [6.07, 6.45) is 0. The summed E-state index contributed by atoms with van der Waals surface area (Å²) in [5.41, 5.74) is 5.37. The molecule has 1 unspecified atom stereocenters. The van der Waals surface area contributed by atoms with E-state index in [0.717, 1.165) is 0 Å². The summed E-state index contributed by atoms with van der Waals surface area (Å²) in [5.74, 6) is 0.377. The molecule has 0 aromatic rings. The summed E-state index contributed by atoms with van der Waals surface area (Å²) in [6, 6.07) is 0. The zero-order chi connectivity index (χ0) is 9.61. The number of methoxy groups -OCH3 is 1. The Hall–Kier alpha value is -0.120. The molecular weight excluding hydrogens is 154 g/mol. The van der Waals surface area contributed by atoms with Gasteiger partial charge in [0.25, 0.3) is 0 Å². The van der Waals surface area contributed by atoms with Crippen LogP contribution in [0.25, 0.3) is 0 Å². The van der Waals surface area contributed by atoms with E-state index in [0.29, 0.717) is 25.7 Å². The highest BCUT2D eigenvalue weighted by molar-refractivity contribution is 4.85. The summed E-state index contributed by atoms with van der Waals surface area (Å²) in [6.45, 7) is 7.92. The lowest BCUT2D eigenvalue weighted by molar-refractivity contribution is -0.106. The van der Waals surface area contributed by atoms with Crippen molar-refractivity contribution in [1.29, 1.82) is 0 Å². The van der Waals surface area contributed by atoms with E-state index < -0.39 is 0 Å². The van der Waals surface area contributed by atoms with Gasteiger partial charge in [0.05, 0.1) is 6.61 Å². The van der Waals surface area contributed by atoms with Gasteiger partial charge in [-0.2, -0.15) is 0 Å². The van der Waals surface area contributed by atoms with E-state index in [4.69, 9.17) is 15.2 Å². The van der Waals surface area contributed by atoms with Gasteiger partial charge in [0.15, 0.2) is 0 Å². The lowest BCUT2D eigenvalue weighted by Gasteiger charge is -2.35. The molecule has 0 bridgehead atoms. The first-order chi connectivity index (χ1) is 5.63. The topological polar surface area (TPSA) is 44.5 Å². The Morgan fingerprint density at radius 3 is 2.25 bits per heavy atom. The Balaban J connectivity index is 4.28. The summed E-state index contributed by atoms with van der Waals surface area (Å²) in [7, 11) is 1.67. The number of ether oxygens (including phenoxy) is 2. The molecule has 0 aromatic carbocycles. The van der Waals surface area contributed by atoms with Crippen molar-refractivity contribution in [1.82, 2.24) is 0 Å². The van der Waals surface area contributed by atoms with Crippen LogP contribution < -0.4 is 5.73 Å². The molecule has 0 radical (unpaired) electrons. The molecule has 0 aliphatic heterocycles.